The Balaban J connectivity index is 1.83. The molecule has 10 heteroatoms. The van der Waals surface area contributed by atoms with Crippen molar-refractivity contribution in [1.29, 1.82) is 0 Å². The standard InChI is InChI=1S/C27H21F3N4O3/c28-27(29,30)21-11-6-10-20(16-21)26(24-14-4-5-15-31-24,18-19-8-2-1-3-9-19)33-25(35)32-22-12-7-13-23(17-22)34(36)37/h1-17H,18H2,(H2,32,33,35). The fourth-order valence-electron chi connectivity index (χ4n) is 4.05. The quantitative estimate of drug-likeness (QED) is 0.227. The maximum absolute atomic E-state index is 13.7. The van der Waals surface area contributed by atoms with E-state index in [0.29, 0.717) is 5.69 Å². The molecule has 0 radical (unpaired) electrons. The van der Waals surface area contributed by atoms with Gasteiger partial charge in [0.05, 0.1) is 16.2 Å². The maximum Gasteiger partial charge on any atom is 0.416 e. The van der Waals surface area contributed by atoms with Crippen molar-refractivity contribution in [3.63, 3.8) is 0 Å². The lowest BCUT2D eigenvalue weighted by molar-refractivity contribution is -0.384. The first-order valence-corrected chi connectivity index (χ1v) is 11.1. The van der Waals surface area contributed by atoms with Crippen LogP contribution in [0, 0.1) is 10.1 Å². The second-order valence-electron chi connectivity index (χ2n) is 8.25. The van der Waals surface area contributed by atoms with Crippen LogP contribution in [-0.2, 0) is 18.1 Å². The molecule has 7 nitrogen and oxygen atoms in total. The summed E-state index contributed by atoms with van der Waals surface area (Å²) < 4.78 is 41.0. The molecule has 0 fully saturated rings. The van der Waals surface area contributed by atoms with Crippen molar-refractivity contribution in [2.24, 2.45) is 0 Å². The molecule has 1 heterocycles. The molecule has 1 atom stereocenters. The Kier molecular flexibility index (Phi) is 7.19. The third kappa shape index (κ3) is 5.92. The van der Waals surface area contributed by atoms with Crippen molar-refractivity contribution >= 4 is 17.4 Å². The van der Waals surface area contributed by atoms with E-state index >= 15 is 0 Å². The van der Waals surface area contributed by atoms with E-state index in [4.69, 9.17) is 0 Å². The van der Waals surface area contributed by atoms with Crippen molar-refractivity contribution in [3.05, 3.63) is 136 Å². The van der Waals surface area contributed by atoms with Crippen LogP contribution < -0.4 is 10.6 Å². The van der Waals surface area contributed by atoms with Crippen LogP contribution in [-0.4, -0.2) is 15.9 Å². The van der Waals surface area contributed by atoms with Crippen molar-refractivity contribution in [2.75, 3.05) is 5.32 Å². The summed E-state index contributed by atoms with van der Waals surface area (Å²) in [6, 6.07) is 23.2. The highest BCUT2D eigenvalue weighted by molar-refractivity contribution is 5.90. The molecule has 0 bridgehead atoms. The molecule has 4 aromatic rings. The molecule has 0 spiro atoms. The van der Waals surface area contributed by atoms with Gasteiger partial charge in [0.15, 0.2) is 0 Å². The first kappa shape index (κ1) is 25.4. The number of urea groups is 1. The van der Waals surface area contributed by atoms with Gasteiger partial charge in [-0.2, -0.15) is 13.2 Å². The number of nitro groups is 1. The molecule has 2 N–H and O–H groups in total. The van der Waals surface area contributed by atoms with Crippen LogP contribution in [0.25, 0.3) is 0 Å². The van der Waals surface area contributed by atoms with E-state index in [2.05, 4.69) is 15.6 Å². The van der Waals surface area contributed by atoms with Crippen LogP contribution in [0.4, 0.5) is 29.3 Å². The number of benzene rings is 3. The molecule has 1 aromatic heterocycles. The number of nitrogens with one attached hydrogen (secondary N) is 2. The molecule has 2 amide bonds. The summed E-state index contributed by atoms with van der Waals surface area (Å²) in [7, 11) is 0. The topological polar surface area (TPSA) is 97.2 Å². The zero-order valence-corrected chi connectivity index (χ0v) is 19.3. The molecule has 0 aliphatic heterocycles. The molecule has 4 rings (SSSR count). The van der Waals surface area contributed by atoms with Crippen LogP contribution in [0.15, 0.2) is 103 Å². The Morgan fingerprint density at radius 2 is 1.57 bits per heavy atom. The predicted octanol–water partition coefficient (Wildman–Crippen LogP) is 6.32. The molecule has 188 valence electrons. The Morgan fingerprint density at radius 1 is 0.865 bits per heavy atom. The second-order valence-corrected chi connectivity index (χ2v) is 8.25. The highest BCUT2D eigenvalue weighted by Gasteiger charge is 2.40. The third-order valence-electron chi connectivity index (χ3n) is 5.74. The molecular weight excluding hydrogens is 485 g/mol. The van der Waals surface area contributed by atoms with Gasteiger partial charge in [0.2, 0.25) is 0 Å². The van der Waals surface area contributed by atoms with Gasteiger partial charge in [-0.1, -0.05) is 54.6 Å². The summed E-state index contributed by atoms with van der Waals surface area (Å²) in [6.07, 6.45) is -3.04. The number of hydrogen-bond donors (Lipinski definition) is 2. The fraction of sp³-hybridized carbons (Fsp3) is 0.111. The Bertz CT molecular complexity index is 1400. The summed E-state index contributed by atoms with van der Waals surface area (Å²) in [6.45, 7) is 0. The van der Waals surface area contributed by atoms with Crippen molar-refractivity contribution in [1.82, 2.24) is 10.3 Å². The Hall–Kier alpha value is -4.73. The molecule has 0 aliphatic carbocycles. The number of nitro benzene ring substituents is 1. The summed E-state index contributed by atoms with van der Waals surface area (Å²) >= 11 is 0. The summed E-state index contributed by atoms with van der Waals surface area (Å²) in [5.74, 6) is 0. The molecular formula is C27H21F3N4O3. The van der Waals surface area contributed by atoms with Crippen molar-refractivity contribution < 1.29 is 22.9 Å². The monoisotopic (exact) mass is 506 g/mol. The van der Waals surface area contributed by atoms with Crippen molar-refractivity contribution in [3.8, 4) is 0 Å². The van der Waals surface area contributed by atoms with Crippen LogP contribution >= 0.6 is 0 Å². The number of halogens is 3. The lowest BCUT2D eigenvalue weighted by Crippen LogP contribution is -2.50. The van der Waals surface area contributed by atoms with Gasteiger partial charge in [0.1, 0.15) is 5.54 Å². The number of anilines is 1. The number of amides is 2. The van der Waals surface area contributed by atoms with E-state index in [9.17, 15) is 28.1 Å². The average molecular weight is 506 g/mol. The molecule has 1 unspecified atom stereocenters. The lowest BCUT2D eigenvalue weighted by Gasteiger charge is -2.35. The van der Waals surface area contributed by atoms with E-state index in [1.165, 1.54) is 42.6 Å². The highest BCUT2D eigenvalue weighted by Crippen LogP contribution is 2.37. The minimum atomic E-state index is -4.61. The number of nitrogens with zero attached hydrogens (tertiary/aromatic N) is 2. The van der Waals surface area contributed by atoms with Crippen LogP contribution in [0.1, 0.15) is 22.4 Å². The minimum Gasteiger partial charge on any atom is -0.322 e. The lowest BCUT2D eigenvalue weighted by atomic mass is 9.80. The molecule has 0 saturated heterocycles. The van der Waals surface area contributed by atoms with Crippen LogP contribution in [0.2, 0.25) is 0 Å². The first-order valence-electron chi connectivity index (χ1n) is 11.1. The second kappa shape index (κ2) is 10.5. The number of alkyl halides is 3. The number of carbonyl (C=O) groups excluding carboxylic acids is 1. The Labute approximate surface area is 210 Å². The van der Waals surface area contributed by atoms with E-state index < -0.39 is 28.2 Å². The fourth-order valence-corrected chi connectivity index (χ4v) is 4.05. The highest BCUT2D eigenvalue weighted by atomic mass is 19.4. The number of pyridine rings is 1. The number of carbonyl (C=O) groups is 1. The summed E-state index contributed by atoms with van der Waals surface area (Å²) in [5, 5.41) is 16.5. The SMILES string of the molecule is O=C(Nc1cccc([N+](=O)[O-])c1)NC(Cc1ccccc1)(c1cccc(C(F)(F)F)c1)c1ccccn1. The zero-order valence-electron chi connectivity index (χ0n) is 19.3. The third-order valence-corrected chi connectivity index (χ3v) is 5.74. The van der Waals surface area contributed by atoms with Crippen molar-refractivity contribution in [2.45, 2.75) is 18.1 Å². The van der Waals surface area contributed by atoms with Crippen LogP contribution in [0.5, 0.6) is 0 Å². The predicted molar refractivity (Wildman–Crippen MR) is 132 cm³/mol. The van der Waals surface area contributed by atoms with E-state index in [1.807, 2.05) is 0 Å². The maximum atomic E-state index is 13.7. The number of aromatic nitrogens is 1. The molecule has 0 saturated carbocycles. The van der Waals surface area contributed by atoms with Gasteiger partial charge < -0.3 is 10.6 Å². The Morgan fingerprint density at radius 3 is 2.24 bits per heavy atom. The summed E-state index contributed by atoms with van der Waals surface area (Å²) in [5.41, 5.74) is -1.26. The smallest absolute Gasteiger partial charge is 0.322 e. The molecule has 37 heavy (non-hydrogen) atoms. The largest absolute Gasteiger partial charge is 0.416 e. The van der Waals surface area contributed by atoms with Gasteiger partial charge >= 0.3 is 12.2 Å². The van der Waals surface area contributed by atoms with Gasteiger partial charge in [-0.25, -0.2) is 4.79 Å². The van der Waals surface area contributed by atoms with E-state index in [-0.39, 0.29) is 23.4 Å². The van der Waals surface area contributed by atoms with Gasteiger partial charge in [0, 0.05) is 30.4 Å². The van der Waals surface area contributed by atoms with Gasteiger partial charge in [0.25, 0.3) is 5.69 Å². The van der Waals surface area contributed by atoms with Gasteiger partial charge in [-0.05, 0) is 41.5 Å². The zero-order chi connectivity index (χ0) is 26.5. The van der Waals surface area contributed by atoms with E-state index in [0.717, 1.165) is 17.7 Å². The number of non-ortho nitro benzene ring substituents is 1. The minimum absolute atomic E-state index is 0.0779. The average Bonchev–Trinajstić information content (AvgIpc) is 2.89. The van der Waals surface area contributed by atoms with Crippen LogP contribution in [0.3, 0.4) is 0 Å². The van der Waals surface area contributed by atoms with Gasteiger partial charge in [-0.15, -0.1) is 0 Å². The molecule has 0 aliphatic rings. The number of rotatable bonds is 7. The molecule has 3 aromatic carbocycles. The van der Waals surface area contributed by atoms with E-state index in [1.54, 1.807) is 48.5 Å². The number of hydrogen-bond acceptors (Lipinski definition) is 4. The summed E-state index contributed by atoms with van der Waals surface area (Å²) in [4.78, 5) is 28.2. The van der Waals surface area contributed by atoms with Gasteiger partial charge in [-0.3, -0.25) is 15.1 Å². The first-order chi connectivity index (χ1) is 17.7. The normalized spacial score (nSPS) is 12.8.